The van der Waals surface area contributed by atoms with Gasteiger partial charge in [-0.3, -0.25) is 9.55 Å². The van der Waals surface area contributed by atoms with Crippen LogP contribution in [0.5, 0.6) is 17.4 Å². The molecule has 0 N–H and O–H groups in total. The Hall–Kier alpha value is -3.74. The van der Waals surface area contributed by atoms with Gasteiger partial charge < -0.3 is 19.1 Å². The van der Waals surface area contributed by atoms with Gasteiger partial charge in [0.15, 0.2) is 17.4 Å². The van der Waals surface area contributed by atoms with Crippen molar-refractivity contribution in [2.45, 2.75) is 57.2 Å². The Balaban J connectivity index is 1.26. The molecular weight excluding hydrogens is 527 g/mol. The molecule has 1 spiro atoms. The van der Waals surface area contributed by atoms with E-state index in [-0.39, 0.29) is 35.6 Å². The number of ether oxygens (including phenoxy) is 3. The van der Waals surface area contributed by atoms with Crippen LogP contribution >= 0.6 is 0 Å². The van der Waals surface area contributed by atoms with Gasteiger partial charge in [0.05, 0.1) is 30.4 Å². The van der Waals surface area contributed by atoms with Crippen LogP contribution in [0.2, 0.25) is 0 Å². The molecule has 0 amide bonds. The van der Waals surface area contributed by atoms with E-state index in [1.165, 1.54) is 0 Å². The lowest BCUT2D eigenvalue weighted by Crippen LogP contribution is -2.46. The van der Waals surface area contributed by atoms with Crippen LogP contribution in [0.3, 0.4) is 0 Å². The van der Waals surface area contributed by atoms with E-state index in [1.54, 1.807) is 4.57 Å². The summed E-state index contributed by atoms with van der Waals surface area (Å²) in [7, 11) is 0. The Morgan fingerprint density at radius 1 is 1.21 bits per heavy atom. The Kier molecular flexibility index (Phi) is 5.83. The Morgan fingerprint density at radius 3 is 2.62 bits per heavy atom. The summed E-state index contributed by atoms with van der Waals surface area (Å²) in [6, 6.07) is 3.50. The van der Waals surface area contributed by atoms with E-state index in [0.29, 0.717) is 25.8 Å². The fraction of sp³-hybridized carbons (Fsp3) is 0.423. The highest BCUT2D eigenvalue weighted by Gasteiger charge is 2.57. The summed E-state index contributed by atoms with van der Waals surface area (Å²) in [5.74, 6) is -2.83. The number of halogens is 5. The normalized spacial score (nSPS) is 21.4. The molecule has 6 rings (SSSR count). The third-order valence-corrected chi connectivity index (χ3v) is 7.27. The molecule has 2 bridgehead atoms. The lowest BCUT2D eigenvalue weighted by atomic mass is 10.00. The smallest absolute Gasteiger partial charge is 0.433 e. The lowest BCUT2D eigenvalue weighted by molar-refractivity contribution is -0.141. The number of anilines is 1. The third-order valence-electron chi connectivity index (χ3n) is 7.27. The number of pyridine rings is 1. The number of morpholine rings is 1. The topological polar surface area (TPSA) is 78.7 Å². The van der Waals surface area contributed by atoms with Gasteiger partial charge >= 0.3 is 11.9 Å². The van der Waals surface area contributed by atoms with Crippen molar-refractivity contribution >= 4 is 5.82 Å². The molecule has 2 saturated heterocycles. The van der Waals surface area contributed by atoms with Crippen LogP contribution in [0.25, 0.3) is 0 Å². The molecule has 3 aromatic rings. The van der Waals surface area contributed by atoms with Crippen molar-refractivity contribution in [3.05, 3.63) is 69.4 Å². The average molecular weight is 550 g/mol. The van der Waals surface area contributed by atoms with Gasteiger partial charge in [0.1, 0.15) is 23.9 Å². The van der Waals surface area contributed by atoms with Crippen LogP contribution in [0.15, 0.2) is 35.3 Å². The summed E-state index contributed by atoms with van der Waals surface area (Å²) in [6.07, 6.45) is -2.99. The highest BCUT2D eigenvalue weighted by Crippen LogP contribution is 2.49. The largest absolute Gasteiger partial charge is 0.472 e. The predicted octanol–water partition coefficient (Wildman–Crippen LogP) is 4.79. The molecule has 8 nitrogen and oxygen atoms in total. The lowest BCUT2D eigenvalue weighted by Gasteiger charge is -2.33. The molecule has 3 aliphatic rings. The fourth-order valence-electron chi connectivity index (χ4n) is 5.60. The van der Waals surface area contributed by atoms with E-state index in [4.69, 9.17) is 14.2 Å². The minimum absolute atomic E-state index is 0.0734. The molecule has 2 aromatic heterocycles. The summed E-state index contributed by atoms with van der Waals surface area (Å²) in [5.41, 5.74) is -1.22. The van der Waals surface area contributed by atoms with E-state index >= 15 is 0 Å². The van der Waals surface area contributed by atoms with Gasteiger partial charge in [-0.2, -0.15) is 18.2 Å². The monoisotopic (exact) mass is 550 g/mol. The van der Waals surface area contributed by atoms with Crippen molar-refractivity contribution in [3.63, 3.8) is 0 Å². The summed E-state index contributed by atoms with van der Waals surface area (Å²) in [5, 5.41) is 0. The van der Waals surface area contributed by atoms with Gasteiger partial charge in [0.25, 0.3) is 0 Å². The number of hydrogen-bond acceptors (Lipinski definition) is 7. The van der Waals surface area contributed by atoms with Gasteiger partial charge in [-0.25, -0.2) is 13.6 Å². The standard InChI is InChI=1S/C26H23F5N4O4/c1-13(2)20-22(33-24(36)34-11-25-8-16(38-12-25)9-35(25)23(20)34)37-10-14-5-17(27)21(18(28)6-14)39-15-3-4-32-19(7-15)26(29,30)31/h3-7,13,16H,8-12H2,1-2H3/t16-,25?/m0/s1. The number of fused-ring (bicyclic) bond motifs is 3. The second-order valence-corrected chi connectivity index (χ2v) is 10.3. The van der Waals surface area contributed by atoms with E-state index in [0.717, 1.165) is 42.2 Å². The number of benzene rings is 1. The molecule has 2 fully saturated rings. The van der Waals surface area contributed by atoms with Crippen LogP contribution in [0.4, 0.5) is 27.8 Å². The fourth-order valence-corrected chi connectivity index (χ4v) is 5.60. The Labute approximate surface area is 219 Å². The second-order valence-electron chi connectivity index (χ2n) is 10.3. The molecular formula is C26H23F5N4O4. The van der Waals surface area contributed by atoms with E-state index in [9.17, 15) is 26.7 Å². The summed E-state index contributed by atoms with van der Waals surface area (Å²) in [6.45, 7) is 5.23. The van der Waals surface area contributed by atoms with Crippen molar-refractivity contribution in [2.24, 2.45) is 0 Å². The summed E-state index contributed by atoms with van der Waals surface area (Å²) < 4.78 is 86.7. The SMILES string of the molecule is CC(C)c1c(OCc2cc(F)c(Oc3ccnc(C(F)(F)F)c3)c(F)c2)nc(=O)n2c1N1C[C@@H]3CC1(CO3)C2. The van der Waals surface area contributed by atoms with Gasteiger partial charge in [0.2, 0.25) is 5.88 Å². The molecule has 1 aromatic carbocycles. The van der Waals surface area contributed by atoms with Crippen LogP contribution < -0.4 is 20.1 Å². The van der Waals surface area contributed by atoms with Gasteiger partial charge in [-0.15, -0.1) is 0 Å². The molecule has 13 heteroatoms. The summed E-state index contributed by atoms with van der Waals surface area (Å²) >= 11 is 0. The van der Waals surface area contributed by atoms with Crippen molar-refractivity contribution < 1.29 is 36.2 Å². The van der Waals surface area contributed by atoms with Gasteiger partial charge in [-0.1, -0.05) is 13.8 Å². The predicted molar refractivity (Wildman–Crippen MR) is 127 cm³/mol. The minimum Gasteiger partial charge on any atom is -0.472 e. The van der Waals surface area contributed by atoms with Crippen LogP contribution in [0.1, 0.15) is 43.0 Å². The zero-order valence-electron chi connectivity index (χ0n) is 20.9. The second kappa shape index (κ2) is 8.90. The minimum atomic E-state index is -4.75. The average Bonchev–Trinajstić information content (AvgIpc) is 3.53. The zero-order valence-corrected chi connectivity index (χ0v) is 20.9. The van der Waals surface area contributed by atoms with Crippen LogP contribution in [-0.4, -0.2) is 39.3 Å². The third kappa shape index (κ3) is 4.28. The van der Waals surface area contributed by atoms with E-state index < -0.39 is 40.7 Å². The van der Waals surface area contributed by atoms with Gasteiger partial charge in [0, 0.05) is 25.2 Å². The first-order chi connectivity index (χ1) is 18.4. The Bertz CT molecular complexity index is 1500. The van der Waals surface area contributed by atoms with Crippen molar-refractivity contribution in [2.75, 3.05) is 18.1 Å². The highest BCUT2D eigenvalue weighted by atomic mass is 19.4. The first kappa shape index (κ1) is 25.5. The number of alkyl halides is 3. The molecule has 206 valence electrons. The van der Waals surface area contributed by atoms with Crippen molar-refractivity contribution in [3.8, 4) is 17.4 Å². The Morgan fingerprint density at radius 2 is 1.95 bits per heavy atom. The molecule has 2 atom stereocenters. The molecule has 1 unspecified atom stereocenters. The maximum absolute atomic E-state index is 14.8. The number of rotatable bonds is 6. The first-order valence-corrected chi connectivity index (χ1v) is 12.3. The van der Waals surface area contributed by atoms with Gasteiger partial charge in [-0.05, 0) is 29.7 Å². The van der Waals surface area contributed by atoms with Crippen LogP contribution in [-0.2, 0) is 24.1 Å². The molecule has 5 heterocycles. The van der Waals surface area contributed by atoms with E-state index in [2.05, 4.69) is 14.9 Å². The molecule has 39 heavy (non-hydrogen) atoms. The highest BCUT2D eigenvalue weighted by molar-refractivity contribution is 5.60. The van der Waals surface area contributed by atoms with Crippen LogP contribution in [0, 0.1) is 11.6 Å². The first-order valence-electron chi connectivity index (χ1n) is 12.3. The quantitative estimate of drug-likeness (QED) is 0.409. The maximum atomic E-state index is 14.8. The van der Waals surface area contributed by atoms with Crippen molar-refractivity contribution in [1.82, 2.24) is 14.5 Å². The molecule has 0 radical (unpaired) electrons. The summed E-state index contributed by atoms with van der Waals surface area (Å²) in [4.78, 5) is 22.5. The zero-order chi connectivity index (χ0) is 27.7. The van der Waals surface area contributed by atoms with E-state index in [1.807, 2.05) is 13.8 Å². The number of aromatic nitrogens is 3. The molecule has 0 aliphatic carbocycles. The number of nitrogens with zero attached hydrogens (tertiary/aromatic N) is 4. The molecule has 0 saturated carbocycles. The molecule has 3 aliphatic heterocycles. The number of hydrogen-bond donors (Lipinski definition) is 0. The maximum Gasteiger partial charge on any atom is 0.433 e. The van der Waals surface area contributed by atoms with Crippen molar-refractivity contribution in [1.29, 1.82) is 0 Å².